The highest BCUT2D eigenvalue weighted by Crippen LogP contribution is 2.33. The third kappa shape index (κ3) is 4.15. The normalized spacial score (nSPS) is 14.4. The van der Waals surface area contributed by atoms with Crippen molar-refractivity contribution in [1.29, 1.82) is 0 Å². The Hall–Kier alpha value is -3.17. The number of nitrogens with two attached hydrogens (primary N) is 1. The summed E-state index contributed by atoms with van der Waals surface area (Å²) in [7, 11) is 1.67. The summed E-state index contributed by atoms with van der Waals surface area (Å²) in [5.74, 6) is 7.53. The van der Waals surface area contributed by atoms with Gasteiger partial charge in [-0.05, 0) is 37.8 Å². The molecule has 2 N–H and O–H groups in total. The van der Waals surface area contributed by atoms with Crippen LogP contribution in [0.1, 0.15) is 53.7 Å². The molecule has 2 aromatic heterocycles. The van der Waals surface area contributed by atoms with Gasteiger partial charge in [0.25, 0.3) is 0 Å². The van der Waals surface area contributed by atoms with Crippen LogP contribution in [0.5, 0.6) is 0 Å². The van der Waals surface area contributed by atoms with Gasteiger partial charge < -0.3 is 15.0 Å². The number of hydrogen-bond donors (Lipinski definition) is 1. The molecule has 4 rings (SSSR count). The van der Waals surface area contributed by atoms with Crippen LogP contribution in [-0.4, -0.2) is 34.0 Å². The first kappa shape index (κ1) is 19.2. The zero-order valence-electron chi connectivity index (χ0n) is 16.7. The van der Waals surface area contributed by atoms with Crippen LogP contribution in [-0.2, 0) is 4.74 Å². The third-order valence-electron chi connectivity index (χ3n) is 5.22. The van der Waals surface area contributed by atoms with Gasteiger partial charge in [0, 0.05) is 30.9 Å². The average molecular weight is 388 g/mol. The van der Waals surface area contributed by atoms with Crippen LogP contribution in [0.3, 0.4) is 0 Å². The summed E-state index contributed by atoms with van der Waals surface area (Å²) in [6, 6.07) is 7.60. The van der Waals surface area contributed by atoms with Gasteiger partial charge in [-0.15, -0.1) is 0 Å². The molecule has 1 unspecified atom stereocenters. The second-order valence-corrected chi connectivity index (χ2v) is 7.61. The quantitative estimate of drug-likeness (QED) is 0.515. The number of nitrogens with zero attached hydrogens (tertiary/aromatic N) is 3. The summed E-state index contributed by atoms with van der Waals surface area (Å²) in [6.07, 6.45) is 6.37. The number of anilines is 1. The van der Waals surface area contributed by atoms with Gasteiger partial charge in [-0.3, -0.25) is 4.79 Å². The van der Waals surface area contributed by atoms with Crippen LogP contribution in [0.25, 0.3) is 11.0 Å². The largest absolute Gasteiger partial charge is 0.383 e. The Morgan fingerprint density at radius 2 is 2.17 bits per heavy atom. The first-order valence-corrected chi connectivity index (χ1v) is 9.82. The molecule has 0 amide bonds. The molecule has 1 aliphatic rings. The fourth-order valence-electron chi connectivity index (χ4n) is 3.47. The lowest BCUT2D eigenvalue weighted by molar-refractivity contribution is 0.0976. The first-order valence-electron chi connectivity index (χ1n) is 9.82. The molecule has 1 aliphatic carbocycles. The van der Waals surface area contributed by atoms with Crippen LogP contribution < -0.4 is 5.73 Å². The Balaban J connectivity index is 1.68. The first-order chi connectivity index (χ1) is 14.1. The van der Waals surface area contributed by atoms with E-state index >= 15 is 0 Å². The van der Waals surface area contributed by atoms with E-state index in [4.69, 9.17) is 10.5 Å². The number of Topliss-reactive ketones (excluding diaryl/α,β-unsaturated/α-hetero) is 1. The fraction of sp³-hybridized carbons (Fsp3) is 0.348. The Labute approximate surface area is 170 Å². The second-order valence-electron chi connectivity index (χ2n) is 7.61. The number of benzene rings is 1. The van der Waals surface area contributed by atoms with Crippen molar-refractivity contribution in [2.24, 2.45) is 5.92 Å². The van der Waals surface area contributed by atoms with Gasteiger partial charge >= 0.3 is 0 Å². The van der Waals surface area contributed by atoms with Crippen molar-refractivity contribution < 1.29 is 9.53 Å². The molecule has 0 aliphatic heterocycles. The fourth-order valence-corrected chi connectivity index (χ4v) is 3.47. The standard InChI is InChI=1S/C23H24N4O2/c1-15(13-29-2)27-12-19(21-22(24)25-14-26-23(21)27)9-8-16-4-3-5-18(10-16)20(28)11-17-6-7-17/h3-5,10,12,14-15,17H,6-7,11,13H2,1-2H3,(H2,24,25,26). The van der Waals surface area contributed by atoms with E-state index in [9.17, 15) is 4.79 Å². The van der Waals surface area contributed by atoms with Crippen molar-refractivity contribution in [1.82, 2.24) is 14.5 Å². The maximum atomic E-state index is 12.4. The van der Waals surface area contributed by atoms with Crippen molar-refractivity contribution in [3.8, 4) is 11.8 Å². The van der Waals surface area contributed by atoms with E-state index in [0.717, 1.165) is 27.7 Å². The predicted octanol–water partition coefficient (Wildman–Crippen LogP) is 3.60. The molecule has 1 atom stereocenters. The van der Waals surface area contributed by atoms with E-state index in [1.807, 2.05) is 42.0 Å². The van der Waals surface area contributed by atoms with E-state index in [-0.39, 0.29) is 11.8 Å². The van der Waals surface area contributed by atoms with E-state index < -0.39 is 0 Å². The minimum atomic E-state index is 0.0794. The number of carbonyl (C=O) groups excluding carboxylic acids is 1. The van der Waals surface area contributed by atoms with Crippen LogP contribution in [0.4, 0.5) is 5.82 Å². The lowest BCUT2D eigenvalue weighted by Crippen LogP contribution is -2.10. The SMILES string of the molecule is COCC(C)n1cc(C#Cc2cccc(C(=O)CC3CC3)c2)c2c(N)ncnc21. The van der Waals surface area contributed by atoms with Gasteiger partial charge in [0.2, 0.25) is 0 Å². The zero-order valence-corrected chi connectivity index (χ0v) is 16.7. The van der Waals surface area contributed by atoms with Crippen molar-refractivity contribution in [3.05, 3.63) is 53.5 Å². The number of aromatic nitrogens is 3. The van der Waals surface area contributed by atoms with Crippen LogP contribution >= 0.6 is 0 Å². The molecule has 1 saturated carbocycles. The number of ether oxygens (including phenoxy) is 1. The second kappa shape index (κ2) is 8.06. The molecule has 1 aromatic carbocycles. The highest BCUT2D eigenvalue weighted by molar-refractivity contribution is 5.96. The molecule has 0 radical (unpaired) electrons. The molecule has 1 fully saturated rings. The molecular weight excluding hydrogens is 364 g/mol. The van der Waals surface area contributed by atoms with E-state index in [1.54, 1.807) is 7.11 Å². The predicted molar refractivity (Wildman–Crippen MR) is 113 cm³/mol. The number of rotatable bonds is 6. The summed E-state index contributed by atoms with van der Waals surface area (Å²) in [5, 5.41) is 0.740. The number of methoxy groups -OCH3 is 1. The van der Waals surface area contributed by atoms with Crippen LogP contribution in [0.15, 0.2) is 36.8 Å². The van der Waals surface area contributed by atoms with Crippen LogP contribution in [0, 0.1) is 17.8 Å². The number of fused-ring (bicyclic) bond motifs is 1. The summed E-state index contributed by atoms with van der Waals surface area (Å²) in [5.41, 5.74) is 9.14. The summed E-state index contributed by atoms with van der Waals surface area (Å²) in [4.78, 5) is 20.9. The maximum Gasteiger partial charge on any atom is 0.163 e. The molecule has 0 spiro atoms. The van der Waals surface area contributed by atoms with Gasteiger partial charge in [0.1, 0.15) is 17.8 Å². The van der Waals surface area contributed by atoms with Gasteiger partial charge in [0.15, 0.2) is 5.78 Å². The molecule has 29 heavy (non-hydrogen) atoms. The Bertz CT molecular complexity index is 1120. The Morgan fingerprint density at radius 1 is 1.34 bits per heavy atom. The highest BCUT2D eigenvalue weighted by atomic mass is 16.5. The summed E-state index contributed by atoms with van der Waals surface area (Å²) < 4.78 is 7.29. The molecule has 2 heterocycles. The van der Waals surface area contributed by atoms with Gasteiger partial charge in [-0.2, -0.15) is 0 Å². The van der Waals surface area contributed by atoms with E-state index in [1.165, 1.54) is 19.2 Å². The molecule has 3 aromatic rings. The van der Waals surface area contributed by atoms with Crippen molar-refractivity contribution in [2.45, 2.75) is 32.2 Å². The zero-order chi connectivity index (χ0) is 20.4. The van der Waals surface area contributed by atoms with Gasteiger partial charge in [-0.25, -0.2) is 9.97 Å². The molecule has 148 valence electrons. The smallest absolute Gasteiger partial charge is 0.163 e. The average Bonchev–Trinajstić information content (AvgIpc) is 3.45. The van der Waals surface area contributed by atoms with Gasteiger partial charge in [-0.1, -0.05) is 24.0 Å². The van der Waals surface area contributed by atoms with Crippen molar-refractivity contribution in [2.75, 3.05) is 19.5 Å². The van der Waals surface area contributed by atoms with E-state index in [2.05, 4.69) is 21.8 Å². The Morgan fingerprint density at radius 3 is 2.93 bits per heavy atom. The molecule has 6 heteroatoms. The minimum Gasteiger partial charge on any atom is -0.383 e. The Kier molecular flexibility index (Phi) is 5.32. The van der Waals surface area contributed by atoms with Crippen molar-refractivity contribution >= 4 is 22.6 Å². The lowest BCUT2D eigenvalue weighted by atomic mass is 10.0. The van der Waals surface area contributed by atoms with Crippen molar-refractivity contribution in [3.63, 3.8) is 0 Å². The molecular formula is C23H24N4O2. The molecule has 0 bridgehead atoms. The summed E-state index contributed by atoms with van der Waals surface area (Å²) in [6.45, 7) is 2.60. The minimum absolute atomic E-state index is 0.0794. The number of nitrogen functional groups attached to an aromatic ring is 1. The van der Waals surface area contributed by atoms with Gasteiger partial charge in [0.05, 0.1) is 23.6 Å². The molecule has 6 nitrogen and oxygen atoms in total. The lowest BCUT2D eigenvalue weighted by Gasteiger charge is -2.13. The number of hydrogen-bond acceptors (Lipinski definition) is 5. The third-order valence-corrected chi connectivity index (χ3v) is 5.22. The topological polar surface area (TPSA) is 83.0 Å². The number of ketones is 1. The van der Waals surface area contributed by atoms with Crippen LogP contribution in [0.2, 0.25) is 0 Å². The monoisotopic (exact) mass is 388 g/mol. The van der Waals surface area contributed by atoms with E-state index in [0.29, 0.717) is 24.8 Å². The highest BCUT2D eigenvalue weighted by Gasteiger charge is 2.24. The number of carbonyl (C=O) groups is 1. The molecule has 0 saturated heterocycles. The maximum absolute atomic E-state index is 12.4. The summed E-state index contributed by atoms with van der Waals surface area (Å²) >= 11 is 0.